The van der Waals surface area contributed by atoms with Crippen molar-refractivity contribution in [3.05, 3.63) is 59.7 Å². The van der Waals surface area contributed by atoms with Gasteiger partial charge in [0.1, 0.15) is 12.6 Å². The van der Waals surface area contributed by atoms with E-state index in [1.807, 2.05) is 31.2 Å². The third-order valence-electron chi connectivity index (χ3n) is 5.78. The second-order valence-corrected chi connectivity index (χ2v) is 8.03. The van der Waals surface area contributed by atoms with Crippen molar-refractivity contribution in [2.75, 3.05) is 6.61 Å². The number of rotatable bonds is 10. The number of alkyl carbamates (subject to hydrolysis) is 1. The summed E-state index contributed by atoms with van der Waals surface area (Å²) in [5.74, 6) is -1.52. The first kappa shape index (κ1) is 23.3. The van der Waals surface area contributed by atoms with E-state index in [0.717, 1.165) is 28.7 Å². The summed E-state index contributed by atoms with van der Waals surface area (Å²) in [4.78, 5) is 35.9. The number of amides is 2. The van der Waals surface area contributed by atoms with Crippen molar-refractivity contribution in [3.8, 4) is 11.1 Å². The maximum atomic E-state index is 12.5. The highest BCUT2D eigenvalue weighted by atomic mass is 16.5. The number of carbonyl (C=O) groups is 3. The van der Waals surface area contributed by atoms with E-state index in [1.165, 1.54) is 0 Å². The summed E-state index contributed by atoms with van der Waals surface area (Å²) in [5.41, 5.74) is 4.57. The molecule has 0 aromatic heterocycles. The average molecular weight is 439 g/mol. The van der Waals surface area contributed by atoms with Gasteiger partial charge in [0, 0.05) is 18.4 Å². The van der Waals surface area contributed by atoms with E-state index in [9.17, 15) is 14.4 Å². The highest BCUT2D eigenvalue weighted by molar-refractivity contribution is 5.84. The van der Waals surface area contributed by atoms with E-state index in [4.69, 9.17) is 9.84 Å². The van der Waals surface area contributed by atoms with Gasteiger partial charge in [0.05, 0.1) is 0 Å². The van der Waals surface area contributed by atoms with Crippen LogP contribution in [0.25, 0.3) is 11.1 Å². The number of benzene rings is 2. The Hall–Kier alpha value is -3.35. The minimum Gasteiger partial charge on any atom is -0.480 e. The van der Waals surface area contributed by atoms with Crippen molar-refractivity contribution >= 4 is 18.0 Å². The second-order valence-electron chi connectivity index (χ2n) is 8.03. The molecule has 2 atom stereocenters. The van der Waals surface area contributed by atoms with Crippen LogP contribution in [-0.4, -0.2) is 41.8 Å². The fraction of sp³-hybridized carbons (Fsp3) is 0.400. The monoisotopic (exact) mass is 438 g/mol. The fourth-order valence-electron chi connectivity index (χ4n) is 4.20. The molecule has 0 heterocycles. The summed E-state index contributed by atoms with van der Waals surface area (Å²) >= 11 is 0. The number of carboxylic acid groups (broad SMARTS) is 1. The number of carboxylic acids is 1. The molecule has 7 heteroatoms. The summed E-state index contributed by atoms with van der Waals surface area (Å²) in [6.45, 7) is 3.84. The lowest BCUT2D eigenvalue weighted by molar-refractivity contribution is -0.142. The lowest BCUT2D eigenvalue weighted by atomic mass is 9.98. The molecular formula is C25H30N2O5. The van der Waals surface area contributed by atoms with Gasteiger partial charge < -0.3 is 20.5 Å². The number of fused-ring (bicyclic) bond motifs is 3. The molecule has 2 aromatic rings. The normalized spacial score (nSPS) is 14.1. The third kappa shape index (κ3) is 5.46. The molecule has 0 radical (unpaired) electrons. The van der Waals surface area contributed by atoms with E-state index in [0.29, 0.717) is 12.8 Å². The van der Waals surface area contributed by atoms with Gasteiger partial charge >= 0.3 is 12.1 Å². The smallest absolute Gasteiger partial charge is 0.407 e. The van der Waals surface area contributed by atoms with Crippen LogP contribution in [0.1, 0.15) is 56.6 Å². The molecule has 3 rings (SSSR count). The number of hydrogen-bond acceptors (Lipinski definition) is 4. The molecule has 1 unspecified atom stereocenters. The topological polar surface area (TPSA) is 105 Å². The standard InChI is InChI=1S/C25H30N2O5/c1-3-9-16(14-23(28)27-22(4-2)24(29)30)26-25(31)32-15-21-19-12-7-5-10-17(19)18-11-6-8-13-20(18)21/h5-8,10-13,16,21-22H,3-4,9,14-15H2,1-2H3,(H,26,31)(H,27,28)(H,29,30)/t16-,22?/m0/s1. The molecule has 7 nitrogen and oxygen atoms in total. The predicted molar refractivity (Wildman–Crippen MR) is 121 cm³/mol. The molecule has 2 amide bonds. The minimum absolute atomic E-state index is 0.00180. The van der Waals surface area contributed by atoms with Gasteiger partial charge in [0.25, 0.3) is 0 Å². The van der Waals surface area contributed by atoms with Gasteiger partial charge in [-0.3, -0.25) is 4.79 Å². The first-order valence-corrected chi connectivity index (χ1v) is 11.1. The summed E-state index contributed by atoms with van der Waals surface area (Å²) in [6.07, 6.45) is 1.06. The van der Waals surface area contributed by atoms with Crippen molar-refractivity contribution in [2.45, 2.75) is 57.5 Å². The van der Waals surface area contributed by atoms with Crippen molar-refractivity contribution in [1.82, 2.24) is 10.6 Å². The van der Waals surface area contributed by atoms with Crippen LogP contribution in [0.15, 0.2) is 48.5 Å². The molecule has 1 aliphatic carbocycles. The number of nitrogens with one attached hydrogen (secondary N) is 2. The maximum absolute atomic E-state index is 12.5. The van der Waals surface area contributed by atoms with Gasteiger partial charge in [0.15, 0.2) is 0 Å². The van der Waals surface area contributed by atoms with Crippen LogP contribution >= 0.6 is 0 Å². The molecule has 170 valence electrons. The van der Waals surface area contributed by atoms with E-state index < -0.39 is 30.1 Å². The van der Waals surface area contributed by atoms with Crippen LogP contribution in [0.4, 0.5) is 4.79 Å². The number of carbonyl (C=O) groups excluding carboxylic acids is 2. The van der Waals surface area contributed by atoms with Gasteiger partial charge in [-0.05, 0) is 35.1 Å². The first-order chi connectivity index (χ1) is 15.4. The molecule has 32 heavy (non-hydrogen) atoms. The molecule has 1 aliphatic rings. The lowest BCUT2D eigenvalue weighted by Gasteiger charge is -2.20. The van der Waals surface area contributed by atoms with Crippen LogP contribution in [0.3, 0.4) is 0 Å². The molecule has 0 fully saturated rings. The third-order valence-corrected chi connectivity index (χ3v) is 5.78. The Kier molecular flexibility index (Phi) is 7.87. The Bertz CT molecular complexity index is 929. The van der Waals surface area contributed by atoms with Crippen molar-refractivity contribution in [1.29, 1.82) is 0 Å². The van der Waals surface area contributed by atoms with E-state index in [2.05, 4.69) is 34.9 Å². The lowest BCUT2D eigenvalue weighted by Crippen LogP contribution is -2.44. The zero-order chi connectivity index (χ0) is 23.1. The Morgan fingerprint density at radius 1 is 0.969 bits per heavy atom. The highest BCUT2D eigenvalue weighted by Gasteiger charge is 2.29. The Morgan fingerprint density at radius 3 is 2.09 bits per heavy atom. The quantitative estimate of drug-likeness (QED) is 0.519. The zero-order valence-corrected chi connectivity index (χ0v) is 18.5. The van der Waals surface area contributed by atoms with Gasteiger partial charge in [0.2, 0.25) is 5.91 Å². The Labute approximate surface area is 188 Å². The number of hydrogen-bond donors (Lipinski definition) is 3. The summed E-state index contributed by atoms with van der Waals surface area (Å²) < 4.78 is 5.56. The van der Waals surface area contributed by atoms with E-state index in [1.54, 1.807) is 6.92 Å². The Balaban J connectivity index is 1.59. The molecular weight excluding hydrogens is 408 g/mol. The molecule has 2 aromatic carbocycles. The molecule has 0 aliphatic heterocycles. The van der Waals surface area contributed by atoms with Crippen LogP contribution < -0.4 is 10.6 Å². The molecule has 0 saturated heterocycles. The summed E-state index contributed by atoms with van der Waals surface area (Å²) in [5, 5.41) is 14.4. The van der Waals surface area contributed by atoms with Crippen LogP contribution in [0.5, 0.6) is 0 Å². The maximum Gasteiger partial charge on any atom is 0.407 e. The molecule has 0 saturated carbocycles. The average Bonchev–Trinajstić information content (AvgIpc) is 3.10. The van der Waals surface area contributed by atoms with Gasteiger partial charge in [-0.25, -0.2) is 9.59 Å². The predicted octanol–water partition coefficient (Wildman–Crippen LogP) is 4.06. The SMILES string of the molecule is CCC[C@@H](CC(=O)NC(CC)C(=O)O)NC(=O)OCC1c2ccccc2-c2ccccc21. The van der Waals surface area contributed by atoms with Crippen LogP contribution in [0.2, 0.25) is 0 Å². The van der Waals surface area contributed by atoms with Crippen LogP contribution in [0, 0.1) is 0 Å². The summed E-state index contributed by atoms with van der Waals surface area (Å²) in [6, 6.07) is 14.9. The Morgan fingerprint density at radius 2 is 1.56 bits per heavy atom. The molecule has 0 bridgehead atoms. The first-order valence-electron chi connectivity index (χ1n) is 11.1. The zero-order valence-electron chi connectivity index (χ0n) is 18.5. The van der Waals surface area contributed by atoms with Gasteiger partial charge in [-0.2, -0.15) is 0 Å². The van der Waals surface area contributed by atoms with E-state index >= 15 is 0 Å². The van der Waals surface area contributed by atoms with Crippen LogP contribution in [-0.2, 0) is 14.3 Å². The van der Waals surface area contributed by atoms with Gasteiger partial charge in [-0.1, -0.05) is 68.8 Å². The minimum atomic E-state index is -1.07. The highest BCUT2D eigenvalue weighted by Crippen LogP contribution is 2.44. The number of aliphatic carboxylic acids is 1. The van der Waals surface area contributed by atoms with Crippen molar-refractivity contribution in [3.63, 3.8) is 0 Å². The van der Waals surface area contributed by atoms with Gasteiger partial charge in [-0.15, -0.1) is 0 Å². The van der Waals surface area contributed by atoms with Crippen molar-refractivity contribution < 1.29 is 24.2 Å². The number of ether oxygens (including phenoxy) is 1. The van der Waals surface area contributed by atoms with Crippen molar-refractivity contribution in [2.24, 2.45) is 0 Å². The van der Waals surface area contributed by atoms with E-state index in [-0.39, 0.29) is 18.9 Å². The molecule has 3 N–H and O–H groups in total. The summed E-state index contributed by atoms with van der Waals surface area (Å²) in [7, 11) is 0. The molecule has 0 spiro atoms. The second kappa shape index (κ2) is 10.8. The largest absolute Gasteiger partial charge is 0.480 e. The fourth-order valence-corrected chi connectivity index (χ4v) is 4.20.